The van der Waals surface area contributed by atoms with Crippen molar-refractivity contribution in [3.63, 3.8) is 0 Å². The zero-order chi connectivity index (χ0) is 14.1. The molecular weight excluding hydrogens is 246 g/mol. The molecule has 104 valence electrons. The minimum atomic E-state index is -0.845. The third-order valence-corrected chi connectivity index (χ3v) is 2.37. The lowest BCUT2D eigenvalue weighted by atomic mass is 10.1. The van der Waals surface area contributed by atoms with Crippen molar-refractivity contribution in [2.75, 3.05) is 40.5 Å². The average molecular weight is 265 g/mol. The Morgan fingerprint density at radius 1 is 1.05 bits per heavy atom. The Morgan fingerprint density at radius 2 is 1.74 bits per heavy atom. The first-order valence-corrected chi connectivity index (χ1v) is 6.10. The van der Waals surface area contributed by atoms with Crippen molar-refractivity contribution in [1.82, 2.24) is 4.90 Å². The van der Waals surface area contributed by atoms with E-state index in [9.17, 15) is 9.59 Å². The van der Waals surface area contributed by atoms with Gasteiger partial charge in [0, 0.05) is 12.1 Å². The quantitative estimate of drug-likeness (QED) is 0.304. The summed E-state index contributed by atoms with van der Waals surface area (Å²) in [6.45, 7) is 1.75. The van der Waals surface area contributed by atoms with Crippen molar-refractivity contribution in [3.8, 4) is 0 Å². The first-order valence-electron chi connectivity index (χ1n) is 6.10. The van der Waals surface area contributed by atoms with E-state index >= 15 is 0 Å². The van der Waals surface area contributed by atoms with E-state index in [2.05, 4.69) is 0 Å². The van der Waals surface area contributed by atoms with E-state index in [1.807, 2.05) is 19.0 Å². The number of ether oxygens (including phenoxy) is 2. The first-order chi connectivity index (χ1) is 9.11. The van der Waals surface area contributed by atoms with Crippen LogP contribution in [0.1, 0.15) is 10.4 Å². The van der Waals surface area contributed by atoms with Crippen LogP contribution >= 0.6 is 0 Å². The Hall–Kier alpha value is -1.72. The van der Waals surface area contributed by atoms with E-state index in [1.54, 1.807) is 30.3 Å². The second-order valence-electron chi connectivity index (χ2n) is 4.25. The second kappa shape index (κ2) is 8.39. The summed E-state index contributed by atoms with van der Waals surface area (Å²) in [4.78, 5) is 25.1. The fourth-order valence-electron chi connectivity index (χ4n) is 1.32. The number of rotatable bonds is 8. The van der Waals surface area contributed by atoms with Gasteiger partial charge in [-0.15, -0.1) is 0 Å². The highest BCUT2D eigenvalue weighted by Gasteiger charge is 2.16. The molecule has 0 amide bonds. The topological polar surface area (TPSA) is 55.8 Å². The molecule has 0 radical (unpaired) electrons. The molecule has 0 unspecified atom stereocenters. The molecule has 5 heteroatoms. The summed E-state index contributed by atoms with van der Waals surface area (Å²) in [5.41, 5.74) is 0.334. The Morgan fingerprint density at radius 3 is 2.37 bits per heavy atom. The number of benzene rings is 1. The number of ketones is 1. The molecule has 0 atom stereocenters. The lowest BCUT2D eigenvalue weighted by molar-refractivity contribution is -0.139. The molecule has 0 spiro atoms. The van der Waals surface area contributed by atoms with Crippen LogP contribution in [0.4, 0.5) is 0 Å². The molecule has 1 rings (SSSR count). The van der Waals surface area contributed by atoms with Crippen molar-refractivity contribution in [2.24, 2.45) is 0 Å². The molecule has 5 nitrogen and oxygen atoms in total. The third kappa shape index (κ3) is 6.13. The molecule has 0 saturated heterocycles. The van der Waals surface area contributed by atoms with Gasteiger partial charge in [-0.25, -0.2) is 4.79 Å². The highest BCUT2D eigenvalue weighted by molar-refractivity contribution is 6.40. The molecule has 0 aromatic heterocycles. The SMILES string of the molecule is CN(C)CCOCCOC(=O)C(=O)c1ccccc1. The summed E-state index contributed by atoms with van der Waals surface area (Å²) in [5, 5.41) is 0. The Balaban J connectivity index is 2.19. The summed E-state index contributed by atoms with van der Waals surface area (Å²) < 4.78 is 10.1. The predicted molar refractivity (Wildman–Crippen MR) is 71.1 cm³/mol. The van der Waals surface area contributed by atoms with E-state index in [4.69, 9.17) is 9.47 Å². The molecule has 0 aliphatic carbocycles. The van der Waals surface area contributed by atoms with Gasteiger partial charge < -0.3 is 14.4 Å². The van der Waals surface area contributed by atoms with Gasteiger partial charge in [0.05, 0.1) is 13.2 Å². The van der Waals surface area contributed by atoms with Crippen LogP contribution in [0, 0.1) is 0 Å². The lowest BCUT2D eigenvalue weighted by Gasteiger charge is -2.09. The van der Waals surface area contributed by atoms with E-state index in [0.29, 0.717) is 18.8 Å². The Bertz CT molecular complexity index is 403. The van der Waals surface area contributed by atoms with Crippen LogP contribution in [0.25, 0.3) is 0 Å². The van der Waals surface area contributed by atoms with Gasteiger partial charge in [-0.2, -0.15) is 0 Å². The van der Waals surface area contributed by atoms with Crippen molar-refractivity contribution < 1.29 is 19.1 Å². The fourth-order valence-corrected chi connectivity index (χ4v) is 1.32. The molecule has 0 aliphatic rings. The van der Waals surface area contributed by atoms with Crippen LogP contribution in [-0.4, -0.2) is 57.1 Å². The Labute approximate surface area is 113 Å². The minimum Gasteiger partial charge on any atom is -0.457 e. The molecule has 0 bridgehead atoms. The van der Waals surface area contributed by atoms with Crippen molar-refractivity contribution in [1.29, 1.82) is 0 Å². The van der Waals surface area contributed by atoms with E-state index < -0.39 is 11.8 Å². The molecule has 0 saturated carbocycles. The van der Waals surface area contributed by atoms with Gasteiger partial charge in [-0.3, -0.25) is 4.79 Å². The lowest BCUT2D eigenvalue weighted by Crippen LogP contribution is -2.22. The van der Waals surface area contributed by atoms with Gasteiger partial charge in [0.2, 0.25) is 0 Å². The van der Waals surface area contributed by atoms with Gasteiger partial charge >= 0.3 is 5.97 Å². The normalized spacial score (nSPS) is 10.5. The van der Waals surface area contributed by atoms with Gasteiger partial charge in [0.15, 0.2) is 0 Å². The van der Waals surface area contributed by atoms with Crippen LogP contribution in [0.3, 0.4) is 0 Å². The maximum atomic E-state index is 11.6. The molecule has 1 aromatic carbocycles. The van der Waals surface area contributed by atoms with E-state index in [-0.39, 0.29) is 6.61 Å². The van der Waals surface area contributed by atoms with E-state index in [0.717, 1.165) is 6.54 Å². The van der Waals surface area contributed by atoms with Crippen molar-refractivity contribution in [2.45, 2.75) is 0 Å². The van der Waals surface area contributed by atoms with Crippen molar-refractivity contribution >= 4 is 11.8 Å². The number of carbonyl (C=O) groups excluding carboxylic acids is 2. The van der Waals surface area contributed by atoms with Crippen LogP contribution < -0.4 is 0 Å². The zero-order valence-corrected chi connectivity index (χ0v) is 11.3. The van der Waals surface area contributed by atoms with Crippen LogP contribution in [0.15, 0.2) is 30.3 Å². The van der Waals surface area contributed by atoms with E-state index in [1.165, 1.54) is 0 Å². The molecule has 0 heterocycles. The largest absolute Gasteiger partial charge is 0.457 e. The summed E-state index contributed by atoms with van der Waals surface area (Å²) in [5.74, 6) is -1.48. The fraction of sp³-hybridized carbons (Fsp3) is 0.429. The monoisotopic (exact) mass is 265 g/mol. The van der Waals surface area contributed by atoms with Crippen molar-refractivity contribution in [3.05, 3.63) is 35.9 Å². The standard InChI is InChI=1S/C14H19NO4/c1-15(2)8-9-18-10-11-19-14(17)13(16)12-6-4-3-5-7-12/h3-7H,8-11H2,1-2H3. The van der Waals surface area contributed by atoms with Gasteiger partial charge in [-0.1, -0.05) is 30.3 Å². The molecule has 19 heavy (non-hydrogen) atoms. The molecule has 0 fully saturated rings. The minimum absolute atomic E-state index is 0.0881. The third-order valence-electron chi connectivity index (χ3n) is 2.37. The van der Waals surface area contributed by atoms with Gasteiger partial charge in [0.25, 0.3) is 5.78 Å². The number of carbonyl (C=O) groups is 2. The summed E-state index contributed by atoms with van der Waals surface area (Å²) in [6.07, 6.45) is 0. The van der Waals surface area contributed by atoms with Crippen LogP contribution in [0.2, 0.25) is 0 Å². The second-order valence-corrected chi connectivity index (χ2v) is 4.25. The number of likely N-dealkylation sites (N-methyl/N-ethyl adjacent to an activating group) is 1. The summed E-state index contributed by atoms with van der Waals surface area (Å²) >= 11 is 0. The number of nitrogens with zero attached hydrogens (tertiary/aromatic N) is 1. The number of esters is 1. The maximum Gasteiger partial charge on any atom is 0.379 e. The Kier molecular flexibility index (Phi) is 6.78. The zero-order valence-electron chi connectivity index (χ0n) is 11.3. The highest BCUT2D eigenvalue weighted by Crippen LogP contribution is 2.01. The smallest absolute Gasteiger partial charge is 0.379 e. The molecule has 1 aromatic rings. The molecular formula is C14H19NO4. The predicted octanol–water partition coefficient (Wildman–Crippen LogP) is 0.991. The average Bonchev–Trinajstić information content (AvgIpc) is 2.42. The summed E-state index contributed by atoms with van der Waals surface area (Å²) in [7, 11) is 3.89. The summed E-state index contributed by atoms with van der Waals surface area (Å²) in [6, 6.07) is 8.34. The maximum absolute atomic E-state index is 11.6. The highest BCUT2D eigenvalue weighted by atomic mass is 16.6. The van der Waals surface area contributed by atoms with Crippen LogP contribution in [0.5, 0.6) is 0 Å². The number of hydrogen-bond acceptors (Lipinski definition) is 5. The van der Waals surface area contributed by atoms with Gasteiger partial charge in [-0.05, 0) is 14.1 Å². The first kappa shape index (κ1) is 15.3. The molecule has 0 aliphatic heterocycles. The molecule has 0 N–H and O–H groups in total. The van der Waals surface area contributed by atoms with Gasteiger partial charge in [0.1, 0.15) is 6.61 Å². The van der Waals surface area contributed by atoms with Crippen LogP contribution in [-0.2, 0) is 14.3 Å². The number of hydrogen-bond donors (Lipinski definition) is 0. The number of Topliss-reactive ketones (excluding diaryl/α,β-unsaturated/α-hetero) is 1.